The highest BCUT2D eigenvalue weighted by atomic mass is 35.5. The summed E-state index contributed by atoms with van der Waals surface area (Å²) in [6.07, 6.45) is 6.53. The first-order valence-corrected chi connectivity index (χ1v) is 9.81. The molecular weight excluding hydrogens is 443 g/mol. The van der Waals surface area contributed by atoms with Crippen LogP contribution >= 0.6 is 23.2 Å². The van der Waals surface area contributed by atoms with E-state index in [-0.39, 0.29) is 28.6 Å². The van der Waals surface area contributed by atoms with Gasteiger partial charge in [-0.15, -0.1) is 6.42 Å². The molecule has 3 rings (SSSR count). The number of ether oxygens (including phenoxy) is 2. The number of hydrogen-bond acceptors (Lipinski definition) is 5. The molecule has 0 aromatic heterocycles. The van der Waals surface area contributed by atoms with E-state index in [1.807, 2.05) is 0 Å². The molecule has 1 N–H and O–H groups in total. The number of amides is 4. The number of hydrogen-bond donors (Lipinski definition) is 1. The fraction of sp³-hybridized carbons (Fsp3) is 0.136. The Labute approximate surface area is 188 Å². The molecule has 1 aliphatic heterocycles. The molecule has 0 aliphatic carbocycles. The lowest BCUT2D eigenvalue weighted by Crippen LogP contribution is -2.54. The van der Waals surface area contributed by atoms with Crippen LogP contribution in [0.2, 0.25) is 10.0 Å². The Morgan fingerprint density at radius 3 is 2.61 bits per heavy atom. The fourth-order valence-electron chi connectivity index (χ4n) is 2.86. The molecule has 2 aromatic carbocycles. The molecule has 1 heterocycles. The lowest BCUT2D eigenvalue weighted by atomic mass is 10.1. The second-order valence-corrected chi connectivity index (χ2v) is 7.04. The molecule has 1 aliphatic rings. The number of halogens is 2. The first kappa shape index (κ1) is 22.2. The van der Waals surface area contributed by atoms with E-state index in [4.69, 9.17) is 39.1 Å². The van der Waals surface area contributed by atoms with Crippen molar-refractivity contribution < 1.29 is 23.9 Å². The van der Waals surface area contributed by atoms with Crippen LogP contribution in [0.15, 0.2) is 42.0 Å². The third-order valence-corrected chi connectivity index (χ3v) is 4.63. The summed E-state index contributed by atoms with van der Waals surface area (Å²) < 4.78 is 11.0. The first-order valence-electron chi connectivity index (χ1n) is 9.05. The number of barbiturate groups is 1. The zero-order valence-corrected chi connectivity index (χ0v) is 17.8. The molecule has 1 fully saturated rings. The molecule has 0 atom stereocenters. The SMILES string of the molecule is C#CCOc1c(Cl)cc(/C=C2\C(=O)NC(=O)N(c3cccc(Cl)c3)C2=O)cc1OCC. The van der Waals surface area contributed by atoms with Crippen LogP contribution in [-0.2, 0) is 9.59 Å². The summed E-state index contributed by atoms with van der Waals surface area (Å²) >= 11 is 12.3. The minimum Gasteiger partial charge on any atom is -0.490 e. The van der Waals surface area contributed by atoms with Crippen LogP contribution in [0.25, 0.3) is 6.08 Å². The van der Waals surface area contributed by atoms with Crippen molar-refractivity contribution in [3.05, 3.63) is 57.6 Å². The molecule has 4 amide bonds. The number of rotatable bonds is 6. The zero-order chi connectivity index (χ0) is 22.5. The van der Waals surface area contributed by atoms with Crippen LogP contribution in [0, 0.1) is 12.3 Å². The van der Waals surface area contributed by atoms with E-state index in [2.05, 4.69) is 11.2 Å². The van der Waals surface area contributed by atoms with Crippen LogP contribution in [0.5, 0.6) is 11.5 Å². The van der Waals surface area contributed by atoms with E-state index in [1.54, 1.807) is 25.1 Å². The molecule has 7 nitrogen and oxygen atoms in total. The van der Waals surface area contributed by atoms with Crippen molar-refractivity contribution in [3.63, 3.8) is 0 Å². The van der Waals surface area contributed by atoms with Crippen molar-refractivity contribution in [2.75, 3.05) is 18.1 Å². The third-order valence-electron chi connectivity index (χ3n) is 4.11. The van der Waals surface area contributed by atoms with Crippen molar-refractivity contribution in [3.8, 4) is 23.8 Å². The minimum absolute atomic E-state index is 0.0160. The van der Waals surface area contributed by atoms with Gasteiger partial charge in [-0.1, -0.05) is 35.2 Å². The normalized spacial score (nSPS) is 15.0. The topological polar surface area (TPSA) is 84.9 Å². The quantitative estimate of drug-likeness (QED) is 0.400. The molecule has 0 saturated carbocycles. The average molecular weight is 459 g/mol. The Balaban J connectivity index is 2.03. The van der Waals surface area contributed by atoms with Crippen LogP contribution in [-0.4, -0.2) is 31.1 Å². The highest BCUT2D eigenvalue weighted by molar-refractivity contribution is 6.39. The molecule has 0 unspecified atom stereocenters. The summed E-state index contributed by atoms with van der Waals surface area (Å²) in [5, 5.41) is 2.66. The first-order chi connectivity index (χ1) is 14.8. The van der Waals surface area contributed by atoms with E-state index in [0.717, 1.165) is 4.90 Å². The van der Waals surface area contributed by atoms with Gasteiger partial charge >= 0.3 is 6.03 Å². The van der Waals surface area contributed by atoms with E-state index < -0.39 is 17.8 Å². The number of benzene rings is 2. The Morgan fingerprint density at radius 1 is 1.16 bits per heavy atom. The summed E-state index contributed by atoms with van der Waals surface area (Å²) in [5.74, 6) is 1.24. The van der Waals surface area contributed by atoms with Crippen molar-refractivity contribution in [2.24, 2.45) is 0 Å². The third kappa shape index (κ3) is 4.82. The predicted octanol–water partition coefficient (Wildman–Crippen LogP) is 4.07. The van der Waals surface area contributed by atoms with Gasteiger partial charge in [-0.25, -0.2) is 9.69 Å². The number of nitrogens with zero attached hydrogens (tertiary/aromatic N) is 1. The molecule has 0 bridgehead atoms. The molecule has 2 aromatic rings. The van der Waals surface area contributed by atoms with Gasteiger partial charge in [0.2, 0.25) is 0 Å². The highest BCUT2D eigenvalue weighted by Gasteiger charge is 2.37. The molecule has 9 heteroatoms. The monoisotopic (exact) mass is 458 g/mol. The Hall–Kier alpha value is -3.47. The van der Waals surface area contributed by atoms with Crippen LogP contribution in [0.4, 0.5) is 10.5 Å². The lowest BCUT2D eigenvalue weighted by Gasteiger charge is -2.26. The van der Waals surface area contributed by atoms with Crippen molar-refractivity contribution in [2.45, 2.75) is 6.92 Å². The molecular formula is C22H16Cl2N2O5. The largest absolute Gasteiger partial charge is 0.490 e. The van der Waals surface area contributed by atoms with E-state index in [9.17, 15) is 14.4 Å². The number of imide groups is 2. The van der Waals surface area contributed by atoms with Crippen LogP contribution < -0.4 is 19.7 Å². The smallest absolute Gasteiger partial charge is 0.335 e. The molecule has 0 radical (unpaired) electrons. The number of terminal acetylenes is 1. The summed E-state index contributed by atoms with van der Waals surface area (Å²) in [5.41, 5.74) is 0.343. The van der Waals surface area contributed by atoms with Crippen molar-refractivity contribution in [1.82, 2.24) is 5.32 Å². The van der Waals surface area contributed by atoms with Gasteiger partial charge in [-0.2, -0.15) is 0 Å². The summed E-state index contributed by atoms with van der Waals surface area (Å²) in [6.45, 7) is 2.08. The van der Waals surface area contributed by atoms with Crippen LogP contribution in [0.1, 0.15) is 12.5 Å². The number of nitrogens with one attached hydrogen (secondary N) is 1. The van der Waals surface area contributed by atoms with Gasteiger partial charge < -0.3 is 9.47 Å². The number of urea groups is 1. The maximum Gasteiger partial charge on any atom is 0.335 e. The standard InChI is InChI=1S/C22H16Cl2N2O5/c1-3-8-31-19-17(24)10-13(11-18(19)30-4-2)9-16-20(27)25-22(29)26(21(16)28)15-7-5-6-14(23)12-15/h1,5-7,9-12H,4,8H2,2H3,(H,25,27,29)/b16-9+. The Kier molecular flexibility index (Phi) is 6.85. The van der Waals surface area contributed by atoms with Gasteiger partial charge in [0, 0.05) is 5.02 Å². The van der Waals surface area contributed by atoms with Crippen LogP contribution in [0.3, 0.4) is 0 Å². The summed E-state index contributed by atoms with van der Waals surface area (Å²) in [6, 6.07) is 8.31. The van der Waals surface area contributed by atoms with E-state index in [0.29, 0.717) is 22.9 Å². The number of carbonyl (C=O) groups excluding carboxylic acids is 3. The van der Waals surface area contributed by atoms with Gasteiger partial charge in [0.05, 0.1) is 17.3 Å². The van der Waals surface area contributed by atoms with Crippen molar-refractivity contribution >= 4 is 52.8 Å². The van der Waals surface area contributed by atoms with Gasteiger partial charge in [-0.05, 0) is 48.9 Å². The van der Waals surface area contributed by atoms with Crippen molar-refractivity contribution in [1.29, 1.82) is 0 Å². The number of anilines is 1. The maximum atomic E-state index is 13.0. The van der Waals surface area contributed by atoms with Gasteiger partial charge in [0.15, 0.2) is 11.5 Å². The Morgan fingerprint density at radius 2 is 1.94 bits per heavy atom. The second kappa shape index (κ2) is 9.56. The molecule has 1 saturated heterocycles. The molecule has 158 valence electrons. The van der Waals surface area contributed by atoms with Gasteiger partial charge in [0.1, 0.15) is 12.2 Å². The minimum atomic E-state index is -0.875. The Bertz CT molecular complexity index is 1140. The highest BCUT2D eigenvalue weighted by Crippen LogP contribution is 2.37. The van der Waals surface area contributed by atoms with E-state index >= 15 is 0 Å². The maximum absolute atomic E-state index is 13.0. The zero-order valence-electron chi connectivity index (χ0n) is 16.3. The predicted molar refractivity (Wildman–Crippen MR) is 117 cm³/mol. The second-order valence-electron chi connectivity index (χ2n) is 6.19. The van der Waals surface area contributed by atoms with Gasteiger partial charge in [-0.3, -0.25) is 14.9 Å². The molecule has 0 spiro atoms. The average Bonchev–Trinajstić information content (AvgIpc) is 2.71. The van der Waals surface area contributed by atoms with Gasteiger partial charge in [0.25, 0.3) is 11.8 Å². The molecule has 31 heavy (non-hydrogen) atoms. The van der Waals surface area contributed by atoms with E-state index in [1.165, 1.54) is 24.3 Å². The summed E-state index contributed by atoms with van der Waals surface area (Å²) in [4.78, 5) is 38.5. The number of carbonyl (C=O) groups is 3. The lowest BCUT2D eigenvalue weighted by molar-refractivity contribution is -0.122. The fourth-order valence-corrected chi connectivity index (χ4v) is 3.32. The summed E-state index contributed by atoms with van der Waals surface area (Å²) in [7, 11) is 0.